The summed E-state index contributed by atoms with van der Waals surface area (Å²) in [7, 11) is -1.51. The second-order valence-electron chi connectivity index (χ2n) is 5.92. The molecule has 1 saturated heterocycles. The van der Waals surface area contributed by atoms with Crippen LogP contribution in [0.3, 0.4) is 0 Å². The largest absolute Gasteiger partial charge is 0.446 e. The fraction of sp³-hybridized carbons (Fsp3) is 0.769. The molecule has 0 aliphatic carbocycles. The Bertz CT molecular complexity index is 373. The Kier molecular flexibility index (Phi) is 4.59. The summed E-state index contributed by atoms with van der Waals surface area (Å²) >= 11 is 0. The van der Waals surface area contributed by atoms with E-state index in [4.69, 9.17) is 14.2 Å². The number of hydrogen-bond acceptors (Lipinski definition) is 4. The third-order valence-electron chi connectivity index (χ3n) is 2.25. The number of carbonyl (C=O) groups is 1. The van der Waals surface area contributed by atoms with E-state index < -0.39 is 20.0 Å². The van der Waals surface area contributed by atoms with Gasteiger partial charge in [-0.05, 0) is 13.8 Å². The van der Waals surface area contributed by atoms with Gasteiger partial charge in [-0.2, -0.15) is 0 Å². The van der Waals surface area contributed by atoms with Gasteiger partial charge in [-0.15, -0.1) is 5.54 Å². The minimum absolute atomic E-state index is 0.312. The molecule has 0 aromatic carbocycles. The van der Waals surface area contributed by atoms with Gasteiger partial charge in [0, 0.05) is 6.92 Å². The van der Waals surface area contributed by atoms with Gasteiger partial charge < -0.3 is 14.2 Å². The lowest BCUT2D eigenvalue weighted by Gasteiger charge is -2.20. The van der Waals surface area contributed by atoms with E-state index in [0.717, 1.165) is 0 Å². The zero-order valence-electron chi connectivity index (χ0n) is 12.0. The molecule has 0 spiro atoms. The summed E-state index contributed by atoms with van der Waals surface area (Å²) in [6.45, 7) is 11.9. The molecule has 1 aliphatic heterocycles. The van der Waals surface area contributed by atoms with Crippen molar-refractivity contribution in [1.82, 2.24) is 0 Å². The Labute approximate surface area is 110 Å². The van der Waals surface area contributed by atoms with E-state index >= 15 is 0 Å². The maximum Gasteiger partial charge on any atom is 0.303 e. The van der Waals surface area contributed by atoms with Crippen LogP contribution in [0, 0.1) is 11.5 Å². The van der Waals surface area contributed by atoms with Gasteiger partial charge in [-0.3, -0.25) is 4.79 Å². The average molecular weight is 270 g/mol. The summed E-state index contributed by atoms with van der Waals surface area (Å²) in [6.07, 6.45) is -0.858. The highest BCUT2D eigenvalue weighted by molar-refractivity contribution is 6.83. The third-order valence-corrected chi connectivity index (χ3v) is 3.14. The van der Waals surface area contributed by atoms with Crippen molar-refractivity contribution in [3.63, 3.8) is 0 Å². The van der Waals surface area contributed by atoms with Gasteiger partial charge in [-0.1, -0.05) is 25.6 Å². The molecule has 1 rings (SSSR count). The van der Waals surface area contributed by atoms with E-state index in [-0.39, 0.29) is 12.1 Å². The Balaban J connectivity index is 2.79. The predicted molar refractivity (Wildman–Crippen MR) is 71.6 cm³/mol. The quantitative estimate of drug-likeness (QED) is 0.437. The Hall–Kier alpha value is -0.833. The molecule has 0 aromatic rings. The monoisotopic (exact) mass is 270 g/mol. The maximum atomic E-state index is 11.1. The number of hydrogen-bond donors (Lipinski definition) is 0. The highest BCUT2D eigenvalue weighted by Gasteiger charge is 2.38. The predicted octanol–water partition coefficient (Wildman–Crippen LogP) is 1.95. The third kappa shape index (κ3) is 5.21. The van der Waals surface area contributed by atoms with Crippen LogP contribution in [-0.4, -0.2) is 38.6 Å². The van der Waals surface area contributed by atoms with Crippen LogP contribution in [0.1, 0.15) is 20.8 Å². The standard InChI is InChI=1S/C13H22O4Si/c1-10(14)16-11(7-8-18(4,5)6)12-9-15-13(2,3)17-12/h11-12H,9H2,1-6H3/t11-,12-/m1/s1. The molecule has 0 radical (unpaired) electrons. The van der Waals surface area contributed by atoms with Crippen molar-refractivity contribution in [3.05, 3.63) is 0 Å². The molecule has 0 unspecified atom stereocenters. The van der Waals surface area contributed by atoms with Gasteiger partial charge >= 0.3 is 5.97 Å². The average Bonchev–Trinajstić information content (AvgIpc) is 2.51. The summed E-state index contributed by atoms with van der Waals surface area (Å²) in [4.78, 5) is 11.1. The van der Waals surface area contributed by atoms with Gasteiger partial charge in [0.1, 0.15) is 14.2 Å². The Morgan fingerprint density at radius 3 is 2.44 bits per heavy atom. The van der Waals surface area contributed by atoms with E-state index in [9.17, 15) is 4.79 Å². The molecule has 1 aliphatic rings. The molecule has 5 heteroatoms. The van der Waals surface area contributed by atoms with Crippen LogP contribution in [0.15, 0.2) is 0 Å². The highest BCUT2D eigenvalue weighted by Crippen LogP contribution is 2.25. The van der Waals surface area contributed by atoms with Crippen LogP contribution in [0.5, 0.6) is 0 Å². The first-order chi connectivity index (χ1) is 8.09. The second-order valence-corrected chi connectivity index (χ2v) is 10.7. The summed E-state index contributed by atoms with van der Waals surface area (Å²) in [5.41, 5.74) is 3.21. The lowest BCUT2D eigenvalue weighted by molar-refractivity contribution is -0.163. The van der Waals surface area contributed by atoms with Crippen molar-refractivity contribution in [2.75, 3.05) is 6.61 Å². The van der Waals surface area contributed by atoms with Gasteiger partial charge in [0.25, 0.3) is 0 Å². The van der Waals surface area contributed by atoms with Gasteiger partial charge in [0.15, 0.2) is 11.9 Å². The van der Waals surface area contributed by atoms with Gasteiger partial charge in [0.05, 0.1) is 6.61 Å². The molecule has 0 amide bonds. The van der Waals surface area contributed by atoms with Gasteiger partial charge in [0.2, 0.25) is 0 Å². The molecule has 0 aromatic heterocycles. The van der Waals surface area contributed by atoms with E-state index in [1.54, 1.807) is 0 Å². The van der Waals surface area contributed by atoms with Crippen LogP contribution in [0.4, 0.5) is 0 Å². The van der Waals surface area contributed by atoms with E-state index in [1.165, 1.54) is 6.92 Å². The van der Waals surface area contributed by atoms with Gasteiger partial charge in [-0.25, -0.2) is 0 Å². The SMILES string of the molecule is CC(=O)O[C@H](C#C[Si](C)(C)C)[C@H]1COC(C)(C)O1. The molecule has 0 bridgehead atoms. The normalized spacial score (nSPS) is 24.0. The Morgan fingerprint density at radius 1 is 1.44 bits per heavy atom. The van der Waals surface area contributed by atoms with Crippen molar-refractivity contribution in [1.29, 1.82) is 0 Å². The molecule has 2 atom stereocenters. The molecule has 1 heterocycles. The Morgan fingerprint density at radius 2 is 2.06 bits per heavy atom. The first-order valence-corrected chi connectivity index (χ1v) is 9.61. The number of esters is 1. The zero-order chi connectivity index (χ0) is 14.0. The van der Waals surface area contributed by atoms with Crippen molar-refractivity contribution >= 4 is 14.0 Å². The number of carbonyl (C=O) groups excluding carboxylic acids is 1. The molecule has 18 heavy (non-hydrogen) atoms. The minimum atomic E-state index is -1.51. The first kappa shape index (κ1) is 15.2. The van der Waals surface area contributed by atoms with Crippen LogP contribution in [0.25, 0.3) is 0 Å². The van der Waals surface area contributed by atoms with E-state index in [1.807, 2.05) is 13.8 Å². The molecular formula is C13H22O4Si. The summed E-state index contributed by atoms with van der Waals surface area (Å²) in [5.74, 6) is 2.05. The van der Waals surface area contributed by atoms with Crippen LogP contribution in [0.2, 0.25) is 19.6 Å². The lowest BCUT2D eigenvalue weighted by Crippen LogP contribution is -2.34. The van der Waals surface area contributed by atoms with Crippen LogP contribution >= 0.6 is 0 Å². The van der Waals surface area contributed by atoms with E-state index in [2.05, 4.69) is 31.1 Å². The minimum Gasteiger partial charge on any atom is -0.446 e. The molecule has 0 N–H and O–H groups in total. The molecule has 102 valence electrons. The lowest BCUT2D eigenvalue weighted by atomic mass is 10.2. The van der Waals surface area contributed by atoms with Crippen molar-refractivity contribution in [3.8, 4) is 11.5 Å². The molecule has 1 fully saturated rings. The highest BCUT2D eigenvalue weighted by atomic mass is 28.3. The summed E-state index contributed by atoms with van der Waals surface area (Å²) < 4.78 is 16.4. The topological polar surface area (TPSA) is 44.8 Å². The van der Waals surface area contributed by atoms with Crippen molar-refractivity contribution in [2.45, 2.75) is 58.4 Å². The van der Waals surface area contributed by atoms with E-state index in [0.29, 0.717) is 6.61 Å². The summed E-state index contributed by atoms with van der Waals surface area (Å²) in [5, 5.41) is 0. The second kappa shape index (κ2) is 5.43. The fourth-order valence-electron chi connectivity index (χ4n) is 1.53. The fourth-order valence-corrected chi connectivity index (χ4v) is 2.10. The van der Waals surface area contributed by atoms with Crippen molar-refractivity contribution in [2.24, 2.45) is 0 Å². The maximum absolute atomic E-state index is 11.1. The molecular weight excluding hydrogens is 248 g/mol. The zero-order valence-corrected chi connectivity index (χ0v) is 13.0. The van der Waals surface area contributed by atoms with Crippen LogP contribution < -0.4 is 0 Å². The van der Waals surface area contributed by atoms with Crippen LogP contribution in [-0.2, 0) is 19.0 Å². The molecule has 0 saturated carbocycles. The number of ether oxygens (including phenoxy) is 3. The smallest absolute Gasteiger partial charge is 0.303 e. The number of rotatable bonds is 2. The van der Waals surface area contributed by atoms with Crippen molar-refractivity contribution < 1.29 is 19.0 Å². The molecule has 4 nitrogen and oxygen atoms in total. The first-order valence-electron chi connectivity index (χ1n) is 6.11. The summed E-state index contributed by atoms with van der Waals surface area (Å²) in [6, 6.07) is 0.